The lowest BCUT2D eigenvalue weighted by molar-refractivity contribution is 0.102. The van der Waals surface area contributed by atoms with Crippen LogP contribution in [-0.2, 0) is 0 Å². The van der Waals surface area contributed by atoms with Crippen LogP contribution in [0, 0.1) is 0 Å². The van der Waals surface area contributed by atoms with Crippen LogP contribution in [-0.4, -0.2) is 5.91 Å². The molecule has 132 valence electrons. The minimum absolute atomic E-state index is 0.182. The minimum Gasteiger partial charge on any atom is -0.379 e. The molecule has 1 atom stereocenters. The van der Waals surface area contributed by atoms with Crippen LogP contribution in [0.4, 0.5) is 11.4 Å². The minimum atomic E-state index is -0.295. The fourth-order valence-corrected chi connectivity index (χ4v) is 2.97. The zero-order chi connectivity index (χ0) is 18.5. The zero-order valence-corrected chi connectivity index (χ0v) is 15.7. The van der Waals surface area contributed by atoms with Gasteiger partial charge in [0.2, 0.25) is 0 Å². The van der Waals surface area contributed by atoms with Gasteiger partial charge >= 0.3 is 0 Å². The quantitative estimate of drug-likeness (QED) is 0.532. The van der Waals surface area contributed by atoms with Gasteiger partial charge in [-0.1, -0.05) is 53.5 Å². The van der Waals surface area contributed by atoms with Gasteiger partial charge in [-0.15, -0.1) is 0 Å². The summed E-state index contributed by atoms with van der Waals surface area (Å²) in [6.45, 7) is 2.10. The number of carbonyl (C=O) groups is 1. The maximum atomic E-state index is 12.4. The van der Waals surface area contributed by atoms with E-state index in [1.54, 1.807) is 18.2 Å². The first-order valence-corrected chi connectivity index (χ1v) is 8.96. The third-order valence-electron chi connectivity index (χ3n) is 4.00. The van der Waals surface area contributed by atoms with E-state index in [1.165, 1.54) is 5.56 Å². The lowest BCUT2D eigenvalue weighted by Gasteiger charge is -2.16. The lowest BCUT2D eigenvalue weighted by Crippen LogP contribution is -2.12. The van der Waals surface area contributed by atoms with Gasteiger partial charge < -0.3 is 10.6 Å². The van der Waals surface area contributed by atoms with Crippen molar-refractivity contribution in [2.75, 3.05) is 10.6 Å². The molecule has 1 amide bonds. The van der Waals surface area contributed by atoms with Crippen LogP contribution < -0.4 is 10.6 Å². The van der Waals surface area contributed by atoms with E-state index in [-0.39, 0.29) is 11.9 Å². The first-order valence-electron chi connectivity index (χ1n) is 8.21. The molecule has 0 aliphatic rings. The van der Waals surface area contributed by atoms with Crippen molar-refractivity contribution in [2.24, 2.45) is 0 Å². The molecule has 3 rings (SSSR count). The molecule has 0 radical (unpaired) electrons. The van der Waals surface area contributed by atoms with E-state index in [0.29, 0.717) is 21.3 Å². The second-order valence-corrected chi connectivity index (χ2v) is 6.78. The van der Waals surface area contributed by atoms with Crippen molar-refractivity contribution < 1.29 is 4.79 Å². The van der Waals surface area contributed by atoms with E-state index in [2.05, 4.69) is 29.7 Å². The molecule has 3 nitrogen and oxygen atoms in total. The van der Waals surface area contributed by atoms with Crippen molar-refractivity contribution >= 4 is 40.5 Å². The van der Waals surface area contributed by atoms with Crippen LogP contribution in [0.15, 0.2) is 72.8 Å². The number of amides is 1. The van der Waals surface area contributed by atoms with Gasteiger partial charge in [0, 0.05) is 22.4 Å². The summed E-state index contributed by atoms with van der Waals surface area (Å²) >= 11 is 12.0. The Morgan fingerprint density at radius 1 is 0.885 bits per heavy atom. The number of nitrogens with one attached hydrogen (secondary N) is 2. The molecule has 3 aromatic carbocycles. The van der Waals surface area contributed by atoms with Crippen molar-refractivity contribution in [3.05, 3.63) is 94.0 Å². The summed E-state index contributed by atoms with van der Waals surface area (Å²) in [4.78, 5) is 12.4. The van der Waals surface area contributed by atoms with E-state index < -0.39 is 0 Å². The normalized spacial score (nSPS) is 11.7. The number of hydrogen-bond acceptors (Lipinski definition) is 2. The Morgan fingerprint density at radius 3 is 2.23 bits per heavy atom. The monoisotopic (exact) mass is 384 g/mol. The molecule has 3 aromatic rings. The summed E-state index contributed by atoms with van der Waals surface area (Å²) in [5.74, 6) is -0.295. The van der Waals surface area contributed by atoms with Gasteiger partial charge in [0.1, 0.15) is 0 Å². The van der Waals surface area contributed by atoms with E-state index in [1.807, 2.05) is 42.5 Å². The predicted octanol–water partition coefficient (Wildman–Crippen LogP) is 6.42. The molecule has 0 spiro atoms. The highest BCUT2D eigenvalue weighted by atomic mass is 35.5. The summed E-state index contributed by atoms with van der Waals surface area (Å²) in [7, 11) is 0. The number of carbonyl (C=O) groups excluding carboxylic acids is 1. The van der Waals surface area contributed by atoms with Crippen molar-refractivity contribution in [1.82, 2.24) is 0 Å². The molecule has 0 aliphatic heterocycles. The van der Waals surface area contributed by atoms with Gasteiger partial charge in [-0.3, -0.25) is 4.79 Å². The Labute approximate surface area is 163 Å². The number of rotatable bonds is 5. The highest BCUT2D eigenvalue weighted by Gasteiger charge is 2.11. The van der Waals surface area contributed by atoms with Gasteiger partial charge in [0.05, 0.1) is 10.6 Å². The first kappa shape index (κ1) is 18.3. The zero-order valence-electron chi connectivity index (χ0n) is 14.2. The predicted molar refractivity (Wildman–Crippen MR) is 109 cm³/mol. The number of hydrogen-bond donors (Lipinski definition) is 2. The smallest absolute Gasteiger partial charge is 0.257 e. The molecule has 2 N–H and O–H groups in total. The van der Waals surface area contributed by atoms with E-state index in [9.17, 15) is 4.79 Å². The largest absolute Gasteiger partial charge is 0.379 e. The van der Waals surface area contributed by atoms with Gasteiger partial charge in [0.25, 0.3) is 5.91 Å². The topological polar surface area (TPSA) is 41.1 Å². The summed E-state index contributed by atoms with van der Waals surface area (Å²) in [5, 5.41) is 7.09. The Balaban J connectivity index is 1.66. The highest BCUT2D eigenvalue weighted by Crippen LogP contribution is 2.23. The van der Waals surface area contributed by atoms with Crippen LogP contribution in [0.2, 0.25) is 10.0 Å². The maximum absolute atomic E-state index is 12.4. The lowest BCUT2D eigenvalue weighted by atomic mass is 10.1. The molecule has 5 heteroatoms. The van der Waals surface area contributed by atoms with Crippen LogP contribution >= 0.6 is 23.2 Å². The molecule has 0 fully saturated rings. The Kier molecular flexibility index (Phi) is 5.82. The fourth-order valence-electron chi connectivity index (χ4n) is 2.59. The SMILES string of the molecule is C[C@@H](Nc1ccc(NC(=O)c2cc(Cl)ccc2Cl)cc1)c1ccccc1. The number of anilines is 2. The summed E-state index contributed by atoms with van der Waals surface area (Å²) in [6.07, 6.45) is 0. The molecule has 0 heterocycles. The van der Waals surface area contributed by atoms with E-state index in [0.717, 1.165) is 5.69 Å². The second-order valence-electron chi connectivity index (χ2n) is 5.93. The van der Waals surface area contributed by atoms with Gasteiger partial charge in [-0.2, -0.15) is 0 Å². The first-order chi connectivity index (χ1) is 12.5. The van der Waals surface area contributed by atoms with Crippen LogP contribution in [0.5, 0.6) is 0 Å². The summed E-state index contributed by atoms with van der Waals surface area (Å²) in [6, 6.07) is 22.7. The van der Waals surface area contributed by atoms with Crippen molar-refractivity contribution in [1.29, 1.82) is 0 Å². The average Bonchev–Trinajstić information content (AvgIpc) is 2.66. The molecule has 0 bridgehead atoms. The Hall–Kier alpha value is -2.49. The Bertz CT molecular complexity index is 896. The molecule has 0 unspecified atom stereocenters. The standard InChI is InChI=1S/C21H18Cl2N2O/c1-14(15-5-3-2-4-6-15)24-17-8-10-18(11-9-17)25-21(26)19-13-16(22)7-12-20(19)23/h2-14,24H,1H3,(H,25,26)/t14-/m1/s1. The summed E-state index contributed by atoms with van der Waals surface area (Å²) in [5.41, 5.74) is 3.21. The molecule has 0 saturated heterocycles. The fraction of sp³-hybridized carbons (Fsp3) is 0.0952. The molecular formula is C21H18Cl2N2O. The molecule has 0 aromatic heterocycles. The van der Waals surface area contributed by atoms with Crippen molar-refractivity contribution in [2.45, 2.75) is 13.0 Å². The Morgan fingerprint density at radius 2 is 1.54 bits per heavy atom. The van der Waals surface area contributed by atoms with Crippen LogP contribution in [0.3, 0.4) is 0 Å². The van der Waals surface area contributed by atoms with Crippen LogP contribution in [0.25, 0.3) is 0 Å². The number of halogens is 2. The van der Waals surface area contributed by atoms with E-state index >= 15 is 0 Å². The second kappa shape index (κ2) is 8.26. The average molecular weight is 385 g/mol. The molecule has 0 saturated carbocycles. The van der Waals surface area contributed by atoms with Gasteiger partial charge in [-0.25, -0.2) is 0 Å². The molecule has 0 aliphatic carbocycles. The van der Waals surface area contributed by atoms with Gasteiger partial charge in [-0.05, 0) is 55.0 Å². The third-order valence-corrected chi connectivity index (χ3v) is 4.56. The maximum Gasteiger partial charge on any atom is 0.257 e. The van der Waals surface area contributed by atoms with Crippen molar-refractivity contribution in [3.8, 4) is 0 Å². The van der Waals surface area contributed by atoms with Crippen LogP contribution in [0.1, 0.15) is 28.9 Å². The third kappa shape index (κ3) is 4.57. The molecular weight excluding hydrogens is 367 g/mol. The van der Waals surface area contributed by atoms with Gasteiger partial charge in [0.15, 0.2) is 0 Å². The number of benzene rings is 3. The van der Waals surface area contributed by atoms with Crippen molar-refractivity contribution in [3.63, 3.8) is 0 Å². The highest BCUT2D eigenvalue weighted by molar-refractivity contribution is 6.36. The van der Waals surface area contributed by atoms with E-state index in [4.69, 9.17) is 23.2 Å². The molecule has 26 heavy (non-hydrogen) atoms. The summed E-state index contributed by atoms with van der Waals surface area (Å²) < 4.78 is 0.